The molecule has 1 amide bonds. The minimum atomic E-state index is -0.262. The van der Waals surface area contributed by atoms with Crippen LogP contribution in [-0.2, 0) is 11.2 Å². The van der Waals surface area contributed by atoms with Gasteiger partial charge in [0.15, 0.2) is 0 Å². The summed E-state index contributed by atoms with van der Waals surface area (Å²) in [7, 11) is 0. The zero-order valence-corrected chi connectivity index (χ0v) is 16.5. The Labute approximate surface area is 168 Å². The maximum absolute atomic E-state index is 13.6. The summed E-state index contributed by atoms with van der Waals surface area (Å²) in [4.78, 5) is 19.2. The normalized spacial score (nSPS) is 14.6. The summed E-state index contributed by atoms with van der Waals surface area (Å²) >= 11 is 1.46. The van der Waals surface area contributed by atoms with Gasteiger partial charge in [-0.1, -0.05) is 36.0 Å². The second kappa shape index (κ2) is 8.80. The molecule has 0 unspecified atom stereocenters. The van der Waals surface area contributed by atoms with Crippen molar-refractivity contribution in [3.63, 3.8) is 0 Å². The van der Waals surface area contributed by atoms with Crippen molar-refractivity contribution in [2.24, 2.45) is 0 Å². The Morgan fingerprint density at radius 1 is 1.14 bits per heavy atom. The number of likely N-dealkylation sites (tertiary alicyclic amines) is 1. The minimum absolute atomic E-state index is 0.0186. The van der Waals surface area contributed by atoms with Crippen LogP contribution < -0.4 is 5.32 Å². The van der Waals surface area contributed by atoms with Crippen LogP contribution in [0.25, 0.3) is 10.9 Å². The van der Waals surface area contributed by atoms with E-state index in [0.29, 0.717) is 13.0 Å². The molecule has 0 spiro atoms. The lowest BCUT2D eigenvalue weighted by Gasteiger charge is -2.14. The number of rotatable bonds is 7. The van der Waals surface area contributed by atoms with Crippen LogP contribution >= 0.6 is 11.8 Å². The van der Waals surface area contributed by atoms with E-state index in [4.69, 9.17) is 0 Å². The number of H-pyrrole nitrogens is 1. The largest absolute Gasteiger partial charge is 0.355 e. The number of halogens is 1. The molecule has 4 rings (SSSR count). The summed E-state index contributed by atoms with van der Waals surface area (Å²) in [5, 5.41) is 4.98. The predicted molar refractivity (Wildman–Crippen MR) is 111 cm³/mol. The molecular weight excluding hydrogens is 373 g/mol. The van der Waals surface area contributed by atoms with Gasteiger partial charge < -0.3 is 15.2 Å². The first-order valence-electron chi connectivity index (χ1n) is 9.71. The first-order chi connectivity index (χ1) is 13.7. The number of hydrogen-bond donors (Lipinski definition) is 2. The summed E-state index contributed by atoms with van der Waals surface area (Å²) < 4.78 is 13.6. The van der Waals surface area contributed by atoms with Crippen molar-refractivity contribution < 1.29 is 9.18 Å². The molecule has 2 N–H and O–H groups in total. The van der Waals surface area contributed by atoms with Crippen molar-refractivity contribution in [3.8, 4) is 0 Å². The summed E-state index contributed by atoms with van der Waals surface area (Å²) in [5.74, 6) is -0.243. The van der Waals surface area contributed by atoms with Gasteiger partial charge in [0.05, 0.1) is 11.4 Å². The van der Waals surface area contributed by atoms with E-state index >= 15 is 0 Å². The molecule has 1 saturated heterocycles. The van der Waals surface area contributed by atoms with E-state index in [-0.39, 0.29) is 11.7 Å². The summed E-state index contributed by atoms with van der Waals surface area (Å²) in [6, 6.07) is 14.5. The predicted octanol–water partition coefficient (Wildman–Crippen LogP) is 4.21. The van der Waals surface area contributed by atoms with Gasteiger partial charge in [0.1, 0.15) is 5.82 Å². The van der Waals surface area contributed by atoms with Gasteiger partial charge in [-0.15, -0.1) is 0 Å². The number of nitrogens with one attached hydrogen (secondary N) is 2. The molecule has 0 aliphatic carbocycles. The van der Waals surface area contributed by atoms with Crippen molar-refractivity contribution >= 4 is 28.6 Å². The number of carbonyl (C=O) groups excluding carboxylic acids is 1. The molecule has 0 radical (unpaired) electrons. The van der Waals surface area contributed by atoms with Crippen LogP contribution in [0.2, 0.25) is 0 Å². The zero-order valence-electron chi connectivity index (χ0n) is 15.7. The molecule has 0 bridgehead atoms. The Hall–Kier alpha value is -2.31. The number of para-hydroxylation sites is 1. The van der Waals surface area contributed by atoms with Crippen LogP contribution in [0.4, 0.5) is 4.39 Å². The molecule has 3 aromatic rings. The van der Waals surface area contributed by atoms with Crippen LogP contribution in [0.1, 0.15) is 18.4 Å². The number of fused-ring (bicyclic) bond motifs is 1. The first kappa shape index (κ1) is 19.0. The molecule has 28 heavy (non-hydrogen) atoms. The van der Waals surface area contributed by atoms with Crippen LogP contribution in [0.3, 0.4) is 0 Å². The van der Waals surface area contributed by atoms with E-state index < -0.39 is 0 Å². The molecule has 1 aromatic heterocycles. The lowest BCUT2D eigenvalue weighted by molar-refractivity contribution is -0.120. The number of benzene rings is 2. The molecule has 146 valence electrons. The van der Waals surface area contributed by atoms with Gasteiger partial charge in [0.25, 0.3) is 0 Å². The fourth-order valence-electron chi connectivity index (χ4n) is 3.67. The van der Waals surface area contributed by atoms with Gasteiger partial charge in [-0.05, 0) is 50.2 Å². The Kier molecular flexibility index (Phi) is 5.98. The standard InChI is InChI=1S/C22H24FN3OS/c23-16-6-5-7-17(14-16)28-22-19(18-8-1-2-9-20(18)25-22)15-21(27)24-10-13-26-11-3-4-12-26/h1-2,5-9,14,25H,3-4,10-13,15H2,(H,24,27). The van der Waals surface area contributed by atoms with Gasteiger partial charge in [-0.25, -0.2) is 4.39 Å². The second-order valence-corrected chi connectivity index (χ2v) is 8.20. The van der Waals surface area contributed by atoms with Crippen LogP contribution in [0.15, 0.2) is 58.5 Å². The molecule has 4 nitrogen and oxygen atoms in total. The quantitative estimate of drug-likeness (QED) is 0.628. The van der Waals surface area contributed by atoms with Crippen molar-refractivity contribution in [3.05, 3.63) is 59.9 Å². The van der Waals surface area contributed by atoms with E-state index in [1.54, 1.807) is 6.07 Å². The number of aromatic amines is 1. The van der Waals surface area contributed by atoms with Gasteiger partial charge in [-0.3, -0.25) is 4.79 Å². The molecule has 2 heterocycles. The third-order valence-corrected chi connectivity index (χ3v) is 6.12. The topological polar surface area (TPSA) is 48.1 Å². The van der Waals surface area contributed by atoms with E-state index in [0.717, 1.165) is 46.0 Å². The molecule has 0 saturated carbocycles. The second-order valence-electron chi connectivity index (χ2n) is 7.11. The average Bonchev–Trinajstić information content (AvgIpc) is 3.31. The van der Waals surface area contributed by atoms with E-state index in [1.807, 2.05) is 30.3 Å². The number of carbonyl (C=O) groups is 1. The highest BCUT2D eigenvalue weighted by atomic mass is 32.2. The fraction of sp³-hybridized carbons (Fsp3) is 0.318. The number of aromatic nitrogens is 1. The maximum atomic E-state index is 13.6. The maximum Gasteiger partial charge on any atom is 0.224 e. The van der Waals surface area contributed by atoms with Crippen molar-refractivity contribution in [1.29, 1.82) is 0 Å². The van der Waals surface area contributed by atoms with Crippen LogP contribution in [0.5, 0.6) is 0 Å². The molecule has 6 heteroatoms. The third-order valence-electron chi connectivity index (χ3n) is 5.08. The SMILES string of the molecule is O=C(Cc1c(Sc2cccc(F)c2)[nH]c2ccccc12)NCCN1CCCC1. The highest BCUT2D eigenvalue weighted by Crippen LogP contribution is 2.35. The number of amides is 1. The van der Waals surface area contributed by atoms with Gasteiger partial charge in [-0.2, -0.15) is 0 Å². The molecule has 1 fully saturated rings. The zero-order chi connectivity index (χ0) is 19.3. The molecule has 1 aliphatic rings. The van der Waals surface area contributed by atoms with Gasteiger partial charge >= 0.3 is 0 Å². The molecule has 0 atom stereocenters. The molecule has 2 aromatic carbocycles. The summed E-state index contributed by atoms with van der Waals surface area (Å²) in [6.45, 7) is 3.84. The lowest BCUT2D eigenvalue weighted by Crippen LogP contribution is -2.34. The van der Waals surface area contributed by atoms with Gasteiger partial charge in [0, 0.05) is 34.5 Å². The third kappa shape index (κ3) is 4.56. The van der Waals surface area contributed by atoms with E-state index in [2.05, 4.69) is 15.2 Å². The Bertz CT molecular complexity index is 965. The van der Waals surface area contributed by atoms with Crippen molar-refractivity contribution in [2.45, 2.75) is 29.2 Å². The summed E-state index contributed by atoms with van der Waals surface area (Å²) in [6.07, 6.45) is 2.82. The Morgan fingerprint density at radius 3 is 2.79 bits per heavy atom. The number of nitrogens with zero attached hydrogens (tertiary/aromatic N) is 1. The Balaban J connectivity index is 1.48. The average molecular weight is 398 g/mol. The Morgan fingerprint density at radius 2 is 1.96 bits per heavy atom. The minimum Gasteiger partial charge on any atom is -0.355 e. The fourth-order valence-corrected chi connectivity index (χ4v) is 4.69. The van der Waals surface area contributed by atoms with E-state index in [9.17, 15) is 9.18 Å². The lowest BCUT2D eigenvalue weighted by atomic mass is 10.1. The van der Waals surface area contributed by atoms with Gasteiger partial charge in [0.2, 0.25) is 5.91 Å². The van der Waals surface area contributed by atoms with Crippen molar-refractivity contribution in [2.75, 3.05) is 26.2 Å². The van der Waals surface area contributed by atoms with E-state index in [1.165, 1.54) is 36.7 Å². The monoisotopic (exact) mass is 397 g/mol. The van der Waals surface area contributed by atoms with Crippen molar-refractivity contribution in [1.82, 2.24) is 15.2 Å². The first-order valence-corrected chi connectivity index (χ1v) is 10.5. The van der Waals surface area contributed by atoms with Crippen LogP contribution in [-0.4, -0.2) is 42.0 Å². The number of hydrogen-bond acceptors (Lipinski definition) is 3. The smallest absolute Gasteiger partial charge is 0.224 e. The summed E-state index contributed by atoms with van der Waals surface area (Å²) in [5.41, 5.74) is 1.95. The van der Waals surface area contributed by atoms with Crippen LogP contribution in [0, 0.1) is 5.82 Å². The highest BCUT2D eigenvalue weighted by Gasteiger charge is 2.17. The molecular formula is C22H24FN3OS. The highest BCUT2D eigenvalue weighted by molar-refractivity contribution is 7.99. The molecule has 1 aliphatic heterocycles.